The zero-order valence-corrected chi connectivity index (χ0v) is 10.2. The number of nitrogens with zero attached hydrogens (tertiary/aromatic N) is 4. The summed E-state index contributed by atoms with van der Waals surface area (Å²) < 4.78 is 3.30. The first-order valence-electron chi connectivity index (χ1n) is 5.69. The number of nitrogens with one attached hydrogen (secondary N) is 1. The van der Waals surface area contributed by atoms with Gasteiger partial charge in [0, 0.05) is 30.7 Å². The fourth-order valence-corrected chi connectivity index (χ4v) is 1.56. The number of aryl methyl sites for hydroxylation is 1. The van der Waals surface area contributed by atoms with E-state index in [9.17, 15) is 4.79 Å². The molecular formula is C11H16N6O. The van der Waals surface area contributed by atoms with Crippen LogP contribution < -0.4 is 11.1 Å². The molecular weight excluding hydrogens is 232 g/mol. The number of rotatable bonds is 5. The Kier molecular flexibility index (Phi) is 3.61. The van der Waals surface area contributed by atoms with Crippen molar-refractivity contribution in [1.29, 1.82) is 0 Å². The lowest BCUT2D eigenvalue weighted by Gasteiger charge is -2.05. The molecule has 7 heteroatoms. The van der Waals surface area contributed by atoms with Crippen LogP contribution in [0.3, 0.4) is 0 Å². The van der Waals surface area contributed by atoms with Gasteiger partial charge in [-0.25, -0.2) is 0 Å². The summed E-state index contributed by atoms with van der Waals surface area (Å²) in [6.07, 6.45) is 5.31. The first-order valence-corrected chi connectivity index (χ1v) is 5.69. The lowest BCUT2D eigenvalue weighted by atomic mass is 10.4. The third kappa shape index (κ3) is 3.09. The van der Waals surface area contributed by atoms with Crippen molar-refractivity contribution < 1.29 is 4.79 Å². The van der Waals surface area contributed by atoms with Gasteiger partial charge in [-0.3, -0.25) is 14.2 Å². The summed E-state index contributed by atoms with van der Waals surface area (Å²) in [6.45, 7) is 3.22. The van der Waals surface area contributed by atoms with Gasteiger partial charge in [-0.2, -0.15) is 10.2 Å². The first kappa shape index (κ1) is 12.2. The maximum atomic E-state index is 11.6. The quantitative estimate of drug-likeness (QED) is 0.765. The summed E-state index contributed by atoms with van der Waals surface area (Å²) in [5.74, 6) is 0.365. The van der Waals surface area contributed by atoms with Crippen LogP contribution in [0, 0.1) is 6.92 Å². The van der Waals surface area contributed by atoms with Crippen LogP contribution in [0.25, 0.3) is 0 Å². The van der Waals surface area contributed by atoms with Gasteiger partial charge in [0.05, 0.1) is 6.54 Å². The normalized spacial score (nSPS) is 10.5. The van der Waals surface area contributed by atoms with Gasteiger partial charge in [-0.15, -0.1) is 0 Å². The van der Waals surface area contributed by atoms with Crippen molar-refractivity contribution in [3.05, 3.63) is 30.2 Å². The second kappa shape index (κ2) is 5.35. The van der Waals surface area contributed by atoms with Gasteiger partial charge in [0.15, 0.2) is 0 Å². The lowest BCUT2D eigenvalue weighted by Crippen LogP contribution is -2.30. The van der Waals surface area contributed by atoms with E-state index < -0.39 is 0 Å². The molecule has 0 aliphatic rings. The topological polar surface area (TPSA) is 90.8 Å². The van der Waals surface area contributed by atoms with Crippen LogP contribution in [0.2, 0.25) is 0 Å². The Balaban J connectivity index is 1.75. The largest absolute Gasteiger partial charge is 0.382 e. The van der Waals surface area contributed by atoms with Gasteiger partial charge in [0.25, 0.3) is 0 Å². The van der Waals surface area contributed by atoms with Crippen molar-refractivity contribution in [2.75, 3.05) is 12.3 Å². The molecule has 0 aliphatic carbocycles. The van der Waals surface area contributed by atoms with E-state index >= 15 is 0 Å². The highest BCUT2D eigenvalue weighted by atomic mass is 16.2. The molecule has 2 rings (SSSR count). The number of hydrogen-bond donors (Lipinski definition) is 2. The monoisotopic (exact) mass is 248 g/mol. The van der Waals surface area contributed by atoms with E-state index in [1.165, 1.54) is 4.68 Å². The number of carbonyl (C=O) groups excluding carboxylic acids is 1. The highest BCUT2D eigenvalue weighted by Crippen LogP contribution is 2.05. The fraction of sp³-hybridized carbons (Fsp3) is 0.364. The van der Waals surface area contributed by atoms with Gasteiger partial charge in [-0.05, 0) is 13.0 Å². The van der Waals surface area contributed by atoms with Gasteiger partial charge in [-0.1, -0.05) is 0 Å². The fourth-order valence-electron chi connectivity index (χ4n) is 1.56. The van der Waals surface area contributed by atoms with Crippen molar-refractivity contribution in [3.8, 4) is 0 Å². The van der Waals surface area contributed by atoms with Crippen molar-refractivity contribution in [1.82, 2.24) is 24.9 Å². The molecule has 7 nitrogen and oxygen atoms in total. The number of nitrogen functional groups attached to an aromatic ring is 1. The van der Waals surface area contributed by atoms with Crippen molar-refractivity contribution in [2.24, 2.45) is 0 Å². The minimum Gasteiger partial charge on any atom is -0.382 e. The van der Waals surface area contributed by atoms with E-state index in [4.69, 9.17) is 5.73 Å². The van der Waals surface area contributed by atoms with E-state index in [0.29, 0.717) is 18.9 Å². The smallest absolute Gasteiger partial charge is 0.241 e. The summed E-state index contributed by atoms with van der Waals surface area (Å²) in [4.78, 5) is 11.6. The van der Waals surface area contributed by atoms with E-state index in [1.54, 1.807) is 17.1 Å². The minimum atomic E-state index is -0.0929. The average molecular weight is 248 g/mol. The number of carbonyl (C=O) groups is 1. The Morgan fingerprint density at radius 3 is 2.94 bits per heavy atom. The SMILES string of the molecule is Cc1cn(CC(=O)NCCn2cccn2)nc1N. The second-order valence-corrected chi connectivity index (χ2v) is 4.01. The molecule has 3 N–H and O–H groups in total. The van der Waals surface area contributed by atoms with Gasteiger partial charge in [0.1, 0.15) is 12.4 Å². The molecule has 0 aliphatic heterocycles. The third-order valence-electron chi connectivity index (χ3n) is 2.51. The Morgan fingerprint density at radius 2 is 2.33 bits per heavy atom. The predicted octanol–water partition coefficient (Wildman–Crippen LogP) is -0.213. The molecule has 0 atom stereocenters. The zero-order valence-electron chi connectivity index (χ0n) is 10.2. The minimum absolute atomic E-state index is 0.0929. The number of aromatic nitrogens is 4. The molecule has 2 aromatic rings. The molecule has 0 spiro atoms. The first-order chi connectivity index (χ1) is 8.65. The number of nitrogens with two attached hydrogens (primary N) is 1. The molecule has 0 radical (unpaired) electrons. The Bertz CT molecular complexity index is 496. The molecule has 18 heavy (non-hydrogen) atoms. The summed E-state index contributed by atoms with van der Waals surface area (Å²) >= 11 is 0. The molecule has 0 aromatic carbocycles. The Labute approximate surface area is 105 Å². The number of anilines is 1. The van der Waals surface area contributed by atoms with Crippen LogP contribution in [0.4, 0.5) is 5.82 Å². The summed E-state index contributed by atoms with van der Waals surface area (Å²) in [6, 6.07) is 1.84. The highest BCUT2D eigenvalue weighted by molar-refractivity contribution is 5.75. The Hall–Kier alpha value is -2.31. The van der Waals surface area contributed by atoms with Gasteiger partial charge >= 0.3 is 0 Å². The van der Waals surface area contributed by atoms with Gasteiger partial charge < -0.3 is 11.1 Å². The number of amides is 1. The highest BCUT2D eigenvalue weighted by Gasteiger charge is 2.05. The van der Waals surface area contributed by atoms with Crippen LogP contribution in [0.1, 0.15) is 5.56 Å². The molecule has 0 fully saturated rings. The second-order valence-electron chi connectivity index (χ2n) is 4.01. The summed E-state index contributed by atoms with van der Waals surface area (Å²) in [7, 11) is 0. The van der Waals surface area contributed by atoms with Crippen molar-refractivity contribution in [3.63, 3.8) is 0 Å². The molecule has 0 saturated carbocycles. The molecule has 0 saturated heterocycles. The van der Waals surface area contributed by atoms with E-state index in [0.717, 1.165) is 5.56 Å². The predicted molar refractivity (Wildman–Crippen MR) is 66.6 cm³/mol. The van der Waals surface area contributed by atoms with Crippen LogP contribution in [-0.2, 0) is 17.9 Å². The Morgan fingerprint density at radius 1 is 1.50 bits per heavy atom. The van der Waals surface area contributed by atoms with Crippen molar-refractivity contribution in [2.45, 2.75) is 20.0 Å². The molecule has 1 amide bonds. The summed E-state index contributed by atoms with van der Waals surface area (Å²) in [5.41, 5.74) is 6.48. The zero-order chi connectivity index (χ0) is 13.0. The van der Waals surface area contributed by atoms with Crippen LogP contribution >= 0.6 is 0 Å². The number of hydrogen-bond acceptors (Lipinski definition) is 4. The molecule has 2 heterocycles. The van der Waals surface area contributed by atoms with Gasteiger partial charge in [0.2, 0.25) is 5.91 Å². The summed E-state index contributed by atoms with van der Waals surface area (Å²) in [5, 5.41) is 10.9. The van der Waals surface area contributed by atoms with Crippen LogP contribution in [-0.4, -0.2) is 32.0 Å². The average Bonchev–Trinajstić information content (AvgIpc) is 2.90. The molecule has 96 valence electrons. The standard InChI is InChI=1S/C11H16N6O/c1-9-7-17(15-11(9)12)8-10(18)13-4-6-16-5-2-3-14-16/h2-3,5,7H,4,6,8H2,1H3,(H2,12,15)(H,13,18). The molecule has 0 bridgehead atoms. The van der Waals surface area contributed by atoms with E-state index in [1.807, 2.05) is 19.2 Å². The van der Waals surface area contributed by atoms with Crippen LogP contribution in [0.15, 0.2) is 24.7 Å². The van der Waals surface area contributed by atoms with E-state index in [-0.39, 0.29) is 12.5 Å². The lowest BCUT2D eigenvalue weighted by molar-refractivity contribution is -0.121. The maximum Gasteiger partial charge on any atom is 0.241 e. The molecule has 2 aromatic heterocycles. The van der Waals surface area contributed by atoms with E-state index in [2.05, 4.69) is 15.5 Å². The van der Waals surface area contributed by atoms with Crippen LogP contribution in [0.5, 0.6) is 0 Å². The molecule has 0 unspecified atom stereocenters. The van der Waals surface area contributed by atoms with Crippen molar-refractivity contribution >= 4 is 11.7 Å². The maximum absolute atomic E-state index is 11.6. The third-order valence-corrected chi connectivity index (χ3v) is 2.51.